The molecule has 7 heteroatoms. The smallest absolute Gasteiger partial charge is 0.222 e. The number of aliphatic hydroxyl groups excluding tert-OH is 1. The average Bonchev–Trinajstić information content (AvgIpc) is 3.23. The van der Waals surface area contributed by atoms with E-state index in [-0.39, 0.29) is 24.0 Å². The Hall–Kier alpha value is -2.83. The molecular formula is C17H19N5O2. The molecule has 2 aromatic rings. The van der Waals surface area contributed by atoms with Crippen molar-refractivity contribution in [1.82, 2.24) is 19.8 Å². The molecule has 1 fully saturated rings. The van der Waals surface area contributed by atoms with E-state index in [9.17, 15) is 9.90 Å². The molecule has 4 rings (SSSR count). The Bertz CT molecular complexity index is 821. The van der Waals surface area contributed by atoms with Crippen LogP contribution in [0.3, 0.4) is 0 Å². The highest BCUT2D eigenvalue weighted by Crippen LogP contribution is 2.27. The van der Waals surface area contributed by atoms with Crippen molar-refractivity contribution in [2.24, 2.45) is 0 Å². The van der Waals surface area contributed by atoms with Gasteiger partial charge < -0.3 is 19.9 Å². The first-order chi connectivity index (χ1) is 11.6. The van der Waals surface area contributed by atoms with Crippen LogP contribution in [0.25, 0.3) is 16.6 Å². The Balaban J connectivity index is 1.51. The van der Waals surface area contributed by atoms with E-state index in [4.69, 9.17) is 5.41 Å². The molecule has 2 aliphatic rings. The predicted octanol–water partition coefficient (Wildman–Crippen LogP) is 1.75. The average molecular weight is 325 g/mol. The van der Waals surface area contributed by atoms with Crippen LogP contribution in [0, 0.1) is 5.41 Å². The van der Waals surface area contributed by atoms with Crippen molar-refractivity contribution < 1.29 is 9.90 Å². The van der Waals surface area contributed by atoms with Crippen LogP contribution >= 0.6 is 0 Å². The summed E-state index contributed by atoms with van der Waals surface area (Å²) in [5.74, 6) is 1.08. The van der Waals surface area contributed by atoms with Crippen molar-refractivity contribution in [3.05, 3.63) is 35.8 Å². The lowest BCUT2D eigenvalue weighted by atomic mass is 10.2. The number of hydrogen-bond donors (Lipinski definition) is 3. The van der Waals surface area contributed by atoms with E-state index in [1.165, 1.54) is 0 Å². The number of benzene rings is 1. The Morgan fingerprint density at radius 3 is 2.79 bits per heavy atom. The number of fused-ring (bicyclic) bond motifs is 1. The first-order valence-corrected chi connectivity index (χ1v) is 8.12. The van der Waals surface area contributed by atoms with Gasteiger partial charge in [0.1, 0.15) is 17.4 Å². The Kier molecular flexibility index (Phi) is 3.48. The third-order valence-electron chi connectivity index (χ3n) is 4.62. The number of aromatic amines is 1. The molecule has 0 aliphatic carbocycles. The number of likely N-dealkylation sites (tertiary alicyclic amines) is 1. The highest BCUT2D eigenvalue weighted by atomic mass is 16.3. The molecule has 1 aromatic heterocycles. The van der Waals surface area contributed by atoms with Gasteiger partial charge in [-0.1, -0.05) is 12.1 Å². The van der Waals surface area contributed by atoms with Gasteiger partial charge in [0.2, 0.25) is 5.91 Å². The normalized spacial score (nSPS) is 18.5. The van der Waals surface area contributed by atoms with Crippen molar-refractivity contribution in [2.75, 3.05) is 26.2 Å². The molecule has 1 amide bonds. The first-order valence-electron chi connectivity index (χ1n) is 8.12. The summed E-state index contributed by atoms with van der Waals surface area (Å²) < 4.78 is 0. The number of hydrogen-bond acceptors (Lipinski definition) is 4. The highest BCUT2D eigenvalue weighted by molar-refractivity contribution is 6.23. The number of aliphatic hydroxyl groups is 1. The second-order valence-corrected chi connectivity index (χ2v) is 6.18. The number of amidine groups is 1. The van der Waals surface area contributed by atoms with Crippen LogP contribution in [0.15, 0.2) is 30.0 Å². The van der Waals surface area contributed by atoms with Crippen LogP contribution in [0.1, 0.15) is 18.7 Å². The second-order valence-electron chi connectivity index (χ2n) is 6.18. The molecule has 124 valence electrons. The Labute approximate surface area is 139 Å². The molecule has 0 saturated carbocycles. The van der Waals surface area contributed by atoms with E-state index in [0.29, 0.717) is 30.9 Å². The molecule has 1 saturated heterocycles. The number of carbonyl (C=O) groups excluding carboxylic acids is 1. The monoisotopic (exact) mass is 325 g/mol. The van der Waals surface area contributed by atoms with Gasteiger partial charge in [-0.25, -0.2) is 4.98 Å². The fourth-order valence-electron chi connectivity index (χ4n) is 3.33. The summed E-state index contributed by atoms with van der Waals surface area (Å²) in [6.07, 6.45) is 1.52. The number of nitrogens with zero attached hydrogens (tertiary/aromatic N) is 3. The lowest BCUT2D eigenvalue weighted by Crippen LogP contribution is -2.37. The number of H-pyrrole nitrogens is 1. The van der Waals surface area contributed by atoms with E-state index < -0.39 is 0 Å². The zero-order chi connectivity index (χ0) is 16.7. The van der Waals surface area contributed by atoms with Crippen LogP contribution in [0.4, 0.5) is 0 Å². The van der Waals surface area contributed by atoms with E-state index in [1.54, 1.807) is 4.90 Å². The van der Waals surface area contributed by atoms with E-state index >= 15 is 0 Å². The number of imidazole rings is 1. The number of rotatable bonds is 4. The summed E-state index contributed by atoms with van der Waals surface area (Å²) in [4.78, 5) is 22.9. The number of amides is 1. The summed E-state index contributed by atoms with van der Waals surface area (Å²) in [7, 11) is 0. The molecule has 7 nitrogen and oxygen atoms in total. The van der Waals surface area contributed by atoms with Crippen LogP contribution in [0.2, 0.25) is 0 Å². The maximum atomic E-state index is 11.7. The van der Waals surface area contributed by atoms with Gasteiger partial charge in [0.05, 0.1) is 23.2 Å². The fraction of sp³-hybridized carbons (Fsp3) is 0.353. The molecule has 2 aliphatic heterocycles. The maximum absolute atomic E-state index is 11.7. The molecule has 0 spiro atoms. The molecule has 1 aromatic carbocycles. The number of aromatic nitrogens is 2. The molecule has 0 bridgehead atoms. The number of nitrogens with one attached hydrogen (secondary N) is 2. The van der Waals surface area contributed by atoms with Gasteiger partial charge in [-0.3, -0.25) is 10.2 Å². The van der Waals surface area contributed by atoms with E-state index in [1.807, 2.05) is 29.2 Å². The topological polar surface area (TPSA) is 96.3 Å². The third kappa shape index (κ3) is 2.42. The molecule has 0 radical (unpaired) electrons. The van der Waals surface area contributed by atoms with Crippen molar-refractivity contribution in [1.29, 1.82) is 5.41 Å². The van der Waals surface area contributed by atoms with Gasteiger partial charge >= 0.3 is 0 Å². The minimum atomic E-state index is 0.145. The van der Waals surface area contributed by atoms with Gasteiger partial charge in [0, 0.05) is 26.1 Å². The summed E-state index contributed by atoms with van der Waals surface area (Å²) in [5.41, 5.74) is 2.13. The molecule has 3 N–H and O–H groups in total. The first kappa shape index (κ1) is 14.7. The minimum Gasteiger partial charge on any atom is -0.510 e. The van der Waals surface area contributed by atoms with E-state index in [2.05, 4.69) is 9.97 Å². The summed E-state index contributed by atoms with van der Waals surface area (Å²) >= 11 is 0. The largest absolute Gasteiger partial charge is 0.510 e. The van der Waals surface area contributed by atoms with Crippen LogP contribution < -0.4 is 0 Å². The summed E-state index contributed by atoms with van der Waals surface area (Å²) in [5, 5.41) is 18.7. The molecule has 24 heavy (non-hydrogen) atoms. The van der Waals surface area contributed by atoms with Gasteiger partial charge in [-0.15, -0.1) is 0 Å². The summed E-state index contributed by atoms with van der Waals surface area (Å²) in [6.45, 7) is 2.20. The van der Waals surface area contributed by atoms with Crippen LogP contribution in [-0.2, 0) is 4.79 Å². The van der Waals surface area contributed by atoms with Crippen molar-refractivity contribution in [2.45, 2.75) is 12.8 Å². The Morgan fingerprint density at radius 2 is 2.04 bits per heavy atom. The van der Waals surface area contributed by atoms with E-state index in [0.717, 1.165) is 24.0 Å². The number of carbonyl (C=O) groups is 1. The number of para-hydroxylation sites is 2. The van der Waals surface area contributed by atoms with Crippen LogP contribution in [-0.4, -0.2) is 62.8 Å². The second kappa shape index (κ2) is 5.67. The Morgan fingerprint density at radius 1 is 1.25 bits per heavy atom. The SMILES string of the molecule is N=C1C(c2nc3ccccc3[nH]2)=C(O)CN1CCN1CCCC1=O. The summed E-state index contributed by atoms with van der Waals surface area (Å²) in [6, 6.07) is 7.62. The zero-order valence-electron chi connectivity index (χ0n) is 13.2. The standard InChI is InChI=1S/C17H19N5O2/c18-16-15(17-19-11-4-1-2-5-12(11)20-17)13(23)10-22(16)9-8-21-7-3-6-14(21)24/h1-2,4-5,18,23H,3,6-10H2,(H,19,20). The molecular weight excluding hydrogens is 306 g/mol. The molecule has 0 unspecified atom stereocenters. The van der Waals surface area contributed by atoms with Gasteiger partial charge in [0.15, 0.2) is 0 Å². The van der Waals surface area contributed by atoms with Gasteiger partial charge in [-0.2, -0.15) is 0 Å². The molecule has 3 heterocycles. The quantitative estimate of drug-likeness (QED) is 0.798. The maximum Gasteiger partial charge on any atom is 0.222 e. The lowest BCUT2D eigenvalue weighted by Gasteiger charge is -2.22. The zero-order valence-corrected chi connectivity index (χ0v) is 13.2. The lowest BCUT2D eigenvalue weighted by molar-refractivity contribution is -0.127. The van der Waals surface area contributed by atoms with Crippen molar-refractivity contribution in [3.63, 3.8) is 0 Å². The highest BCUT2D eigenvalue weighted by Gasteiger charge is 2.31. The van der Waals surface area contributed by atoms with Crippen molar-refractivity contribution in [3.8, 4) is 0 Å². The van der Waals surface area contributed by atoms with Crippen LogP contribution in [0.5, 0.6) is 0 Å². The fourth-order valence-corrected chi connectivity index (χ4v) is 3.33. The predicted molar refractivity (Wildman–Crippen MR) is 90.8 cm³/mol. The molecule has 0 atom stereocenters. The van der Waals surface area contributed by atoms with Gasteiger partial charge in [-0.05, 0) is 18.6 Å². The minimum absolute atomic E-state index is 0.145. The van der Waals surface area contributed by atoms with Crippen molar-refractivity contribution >= 4 is 28.3 Å². The van der Waals surface area contributed by atoms with Gasteiger partial charge in [0.25, 0.3) is 0 Å². The third-order valence-corrected chi connectivity index (χ3v) is 4.62.